The minimum Gasteiger partial charge on any atom is -0.465 e. The minimum atomic E-state index is -0.215. The van der Waals surface area contributed by atoms with Crippen LogP contribution < -0.4 is 5.32 Å². The predicted octanol–water partition coefficient (Wildman–Crippen LogP) is 3.41. The van der Waals surface area contributed by atoms with Gasteiger partial charge in [0.15, 0.2) is 0 Å². The third kappa shape index (κ3) is 6.44. The van der Waals surface area contributed by atoms with Gasteiger partial charge in [-0.05, 0) is 32.4 Å². The number of nitrogens with one attached hydrogen (secondary N) is 1. The van der Waals surface area contributed by atoms with Crippen LogP contribution in [0.3, 0.4) is 0 Å². The van der Waals surface area contributed by atoms with Crippen LogP contribution in [-0.4, -0.2) is 30.4 Å². The molecule has 0 radical (unpaired) electrons. The zero-order chi connectivity index (χ0) is 15.0. The number of benzene rings is 1. The number of carbonyl (C=O) groups is 1. The van der Waals surface area contributed by atoms with Gasteiger partial charge < -0.3 is 10.1 Å². The van der Waals surface area contributed by atoms with Gasteiger partial charge in [0.1, 0.15) is 6.04 Å². The van der Waals surface area contributed by atoms with Crippen molar-refractivity contribution in [2.75, 3.05) is 12.4 Å². The highest BCUT2D eigenvalue weighted by atomic mass is 32.2. The lowest BCUT2D eigenvalue weighted by Crippen LogP contribution is -2.42. The molecule has 3 nitrogen and oxygen atoms in total. The van der Waals surface area contributed by atoms with Gasteiger partial charge in [-0.1, -0.05) is 31.5 Å². The number of hydrogen-bond donors (Lipinski definition) is 1. The Morgan fingerprint density at radius 1 is 1.30 bits per heavy atom. The number of aryl methyl sites for hydroxylation is 1. The average molecular weight is 295 g/mol. The van der Waals surface area contributed by atoms with E-state index in [2.05, 4.69) is 36.5 Å². The summed E-state index contributed by atoms with van der Waals surface area (Å²) in [6.07, 6.45) is 0.773. The predicted molar refractivity (Wildman–Crippen MR) is 85.2 cm³/mol. The standard InChI is InChI=1S/C16H25NO2S/c1-5-19-16(18)15(17-12(2)3)10-11-20-14-8-6-13(4)7-9-14/h6-9,12,15,17H,5,10-11H2,1-4H3. The molecule has 20 heavy (non-hydrogen) atoms. The fourth-order valence-electron chi connectivity index (χ4n) is 1.84. The van der Waals surface area contributed by atoms with Crippen molar-refractivity contribution in [3.63, 3.8) is 0 Å². The van der Waals surface area contributed by atoms with E-state index >= 15 is 0 Å². The third-order valence-corrected chi connectivity index (χ3v) is 3.85. The SMILES string of the molecule is CCOC(=O)C(CCSc1ccc(C)cc1)NC(C)C. The maximum atomic E-state index is 11.9. The van der Waals surface area contributed by atoms with Crippen LogP contribution in [0.1, 0.15) is 32.8 Å². The fraction of sp³-hybridized carbons (Fsp3) is 0.562. The number of carbonyl (C=O) groups excluding carboxylic acids is 1. The van der Waals surface area contributed by atoms with Gasteiger partial charge in [-0.25, -0.2) is 0 Å². The summed E-state index contributed by atoms with van der Waals surface area (Å²) in [7, 11) is 0. The first kappa shape index (κ1) is 17.1. The van der Waals surface area contributed by atoms with Gasteiger partial charge in [0, 0.05) is 16.7 Å². The Kier molecular flexibility index (Phi) is 7.70. The summed E-state index contributed by atoms with van der Waals surface area (Å²) in [6, 6.07) is 8.51. The first-order chi connectivity index (χ1) is 9.52. The molecule has 1 aromatic rings. The normalized spacial score (nSPS) is 12.4. The smallest absolute Gasteiger partial charge is 0.323 e. The van der Waals surface area contributed by atoms with Crippen LogP contribution in [0.4, 0.5) is 0 Å². The van der Waals surface area contributed by atoms with Crippen molar-refractivity contribution < 1.29 is 9.53 Å². The summed E-state index contributed by atoms with van der Waals surface area (Å²) < 4.78 is 5.11. The number of hydrogen-bond acceptors (Lipinski definition) is 4. The Bertz CT molecular complexity index is 403. The molecule has 0 aliphatic heterocycles. The van der Waals surface area contributed by atoms with Crippen molar-refractivity contribution in [2.24, 2.45) is 0 Å². The van der Waals surface area contributed by atoms with Crippen LogP contribution in [0.5, 0.6) is 0 Å². The Hall–Kier alpha value is -1.00. The highest BCUT2D eigenvalue weighted by molar-refractivity contribution is 7.99. The molecule has 1 N–H and O–H groups in total. The lowest BCUT2D eigenvalue weighted by Gasteiger charge is -2.19. The van der Waals surface area contributed by atoms with Crippen molar-refractivity contribution in [1.82, 2.24) is 5.32 Å². The van der Waals surface area contributed by atoms with Gasteiger partial charge in [-0.3, -0.25) is 4.79 Å². The molecule has 0 fully saturated rings. The van der Waals surface area contributed by atoms with Crippen molar-refractivity contribution in [3.05, 3.63) is 29.8 Å². The molecular weight excluding hydrogens is 270 g/mol. The Balaban J connectivity index is 2.45. The van der Waals surface area contributed by atoms with Crippen molar-refractivity contribution in [3.8, 4) is 0 Å². The third-order valence-electron chi connectivity index (χ3n) is 2.80. The molecule has 0 aliphatic rings. The van der Waals surface area contributed by atoms with Crippen molar-refractivity contribution in [1.29, 1.82) is 0 Å². The van der Waals surface area contributed by atoms with Gasteiger partial charge in [-0.15, -0.1) is 11.8 Å². The molecule has 0 saturated carbocycles. The monoisotopic (exact) mass is 295 g/mol. The Morgan fingerprint density at radius 2 is 1.95 bits per heavy atom. The Labute approximate surface area is 126 Å². The molecule has 112 valence electrons. The number of thioether (sulfide) groups is 1. The van der Waals surface area contributed by atoms with Crippen molar-refractivity contribution in [2.45, 2.75) is 51.1 Å². The maximum Gasteiger partial charge on any atom is 0.323 e. The largest absolute Gasteiger partial charge is 0.465 e. The van der Waals surface area contributed by atoms with Crippen LogP contribution in [0, 0.1) is 6.92 Å². The molecule has 0 amide bonds. The second-order valence-electron chi connectivity index (χ2n) is 5.08. The molecule has 1 atom stereocenters. The van der Waals surface area contributed by atoms with E-state index in [1.165, 1.54) is 10.5 Å². The first-order valence-electron chi connectivity index (χ1n) is 7.15. The molecule has 0 bridgehead atoms. The van der Waals surface area contributed by atoms with Crippen molar-refractivity contribution >= 4 is 17.7 Å². The summed E-state index contributed by atoms with van der Waals surface area (Å²) in [5.74, 6) is 0.748. The van der Waals surface area contributed by atoms with Gasteiger partial charge in [0.25, 0.3) is 0 Å². The number of ether oxygens (including phenoxy) is 1. The number of esters is 1. The average Bonchev–Trinajstić information content (AvgIpc) is 2.39. The van der Waals surface area contributed by atoms with Crippen LogP contribution in [0.15, 0.2) is 29.2 Å². The fourth-order valence-corrected chi connectivity index (χ4v) is 2.76. The zero-order valence-electron chi connectivity index (χ0n) is 12.8. The molecule has 0 heterocycles. The van der Waals surface area contributed by atoms with Crippen LogP contribution in [0.25, 0.3) is 0 Å². The van der Waals surface area contributed by atoms with Crippen LogP contribution >= 0.6 is 11.8 Å². The molecule has 1 unspecified atom stereocenters. The lowest BCUT2D eigenvalue weighted by atomic mass is 10.2. The summed E-state index contributed by atoms with van der Waals surface area (Å²) in [5.41, 5.74) is 1.26. The van der Waals surface area contributed by atoms with Gasteiger partial charge >= 0.3 is 5.97 Å². The quantitative estimate of drug-likeness (QED) is 0.589. The highest BCUT2D eigenvalue weighted by Crippen LogP contribution is 2.20. The summed E-state index contributed by atoms with van der Waals surface area (Å²) in [6.45, 7) is 8.43. The minimum absolute atomic E-state index is 0.147. The van der Waals surface area contributed by atoms with E-state index in [1.54, 1.807) is 11.8 Å². The van der Waals surface area contributed by atoms with Gasteiger partial charge in [0.05, 0.1) is 6.61 Å². The zero-order valence-corrected chi connectivity index (χ0v) is 13.6. The summed E-state index contributed by atoms with van der Waals surface area (Å²) in [5, 5.41) is 3.27. The summed E-state index contributed by atoms with van der Waals surface area (Å²) in [4.78, 5) is 13.1. The van der Waals surface area contributed by atoms with E-state index in [1.807, 2.05) is 20.8 Å². The Morgan fingerprint density at radius 3 is 2.50 bits per heavy atom. The molecule has 0 saturated heterocycles. The van der Waals surface area contributed by atoms with Gasteiger partial charge in [-0.2, -0.15) is 0 Å². The molecule has 0 aliphatic carbocycles. The molecule has 1 rings (SSSR count). The van der Waals surface area contributed by atoms with E-state index in [0.29, 0.717) is 6.61 Å². The molecule has 1 aromatic carbocycles. The maximum absolute atomic E-state index is 11.9. The highest BCUT2D eigenvalue weighted by Gasteiger charge is 2.19. The lowest BCUT2D eigenvalue weighted by molar-refractivity contribution is -0.145. The number of rotatable bonds is 8. The molecule has 0 aromatic heterocycles. The van der Waals surface area contributed by atoms with E-state index in [4.69, 9.17) is 4.74 Å². The summed E-state index contributed by atoms with van der Waals surface area (Å²) >= 11 is 1.77. The topological polar surface area (TPSA) is 38.3 Å². The van der Waals surface area contributed by atoms with E-state index < -0.39 is 0 Å². The van der Waals surface area contributed by atoms with E-state index in [-0.39, 0.29) is 18.1 Å². The van der Waals surface area contributed by atoms with Crippen LogP contribution in [0.2, 0.25) is 0 Å². The van der Waals surface area contributed by atoms with Crippen LogP contribution in [-0.2, 0) is 9.53 Å². The second kappa shape index (κ2) is 9.03. The second-order valence-corrected chi connectivity index (χ2v) is 6.24. The van der Waals surface area contributed by atoms with E-state index in [9.17, 15) is 4.79 Å². The molecule has 0 spiro atoms. The first-order valence-corrected chi connectivity index (χ1v) is 8.13. The van der Waals surface area contributed by atoms with E-state index in [0.717, 1.165) is 12.2 Å². The van der Waals surface area contributed by atoms with Gasteiger partial charge in [0.2, 0.25) is 0 Å². The molecular formula is C16H25NO2S. The molecule has 4 heteroatoms.